The fraction of sp³-hybridized carbons (Fsp3) is 0.938. The lowest BCUT2D eigenvalue weighted by atomic mass is 9.90. The zero-order chi connectivity index (χ0) is 14.4. The molecule has 1 N–H and O–H groups in total. The summed E-state index contributed by atoms with van der Waals surface area (Å²) in [5.74, 6) is 1.53. The summed E-state index contributed by atoms with van der Waals surface area (Å²) in [6, 6.07) is 0.552. The third-order valence-corrected chi connectivity index (χ3v) is 4.55. The van der Waals surface area contributed by atoms with Crippen molar-refractivity contribution in [1.29, 1.82) is 0 Å². The molecule has 1 saturated heterocycles. The van der Waals surface area contributed by atoms with E-state index in [2.05, 4.69) is 17.1 Å². The fourth-order valence-electron chi connectivity index (χ4n) is 3.18. The molecule has 1 aliphatic carbocycles. The van der Waals surface area contributed by atoms with Crippen LogP contribution in [-0.4, -0.2) is 50.2 Å². The normalized spacial score (nSPS) is 27.5. The van der Waals surface area contributed by atoms with Gasteiger partial charge >= 0.3 is 5.97 Å². The van der Waals surface area contributed by atoms with Crippen molar-refractivity contribution >= 4 is 5.97 Å². The number of nitrogens with zero attached hydrogens (tertiary/aromatic N) is 1. The van der Waals surface area contributed by atoms with E-state index in [1.807, 2.05) is 0 Å². The minimum absolute atomic E-state index is 0.109. The van der Waals surface area contributed by atoms with Gasteiger partial charge in [0, 0.05) is 19.1 Å². The predicted molar refractivity (Wildman–Crippen MR) is 80.6 cm³/mol. The van der Waals surface area contributed by atoms with Gasteiger partial charge in [0.05, 0.1) is 13.7 Å². The minimum Gasteiger partial charge on any atom is -0.468 e. The molecule has 2 fully saturated rings. The van der Waals surface area contributed by atoms with Gasteiger partial charge in [0.25, 0.3) is 0 Å². The van der Waals surface area contributed by atoms with Crippen molar-refractivity contribution in [2.75, 3.05) is 33.3 Å². The van der Waals surface area contributed by atoms with E-state index in [9.17, 15) is 4.79 Å². The molecule has 2 aliphatic rings. The lowest BCUT2D eigenvalue weighted by Crippen LogP contribution is -2.51. The molecule has 1 aliphatic heterocycles. The van der Waals surface area contributed by atoms with Gasteiger partial charge in [-0.3, -0.25) is 9.69 Å². The van der Waals surface area contributed by atoms with Crippen LogP contribution in [0.5, 0.6) is 0 Å². The molecule has 116 valence electrons. The first-order valence-electron chi connectivity index (χ1n) is 8.23. The molecule has 2 unspecified atom stereocenters. The first-order valence-corrected chi connectivity index (χ1v) is 8.23. The summed E-state index contributed by atoms with van der Waals surface area (Å²) >= 11 is 0. The second-order valence-electron chi connectivity index (χ2n) is 6.56. The number of nitrogens with one attached hydrogen (secondary N) is 1. The Morgan fingerprint density at radius 1 is 1.30 bits per heavy atom. The molecular formula is C16H30N2O2. The molecule has 1 saturated carbocycles. The topological polar surface area (TPSA) is 41.6 Å². The first kappa shape index (κ1) is 15.8. The quantitative estimate of drug-likeness (QED) is 0.692. The van der Waals surface area contributed by atoms with Crippen molar-refractivity contribution in [2.24, 2.45) is 11.8 Å². The molecule has 0 aromatic carbocycles. The van der Waals surface area contributed by atoms with Crippen LogP contribution < -0.4 is 5.32 Å². The second-order valence-corrected chi connectivity index (χ2v) is 6.56. The highest BCUT2D eigenvalue weighted by molar-refractivity contribution is 5.71. The van der Waals surface area contributed by atoms with Crippen LogP contribution in [0.2, 0.25) is 0 Å². The summed E-state index contributed by atoms with van der Waals surface area (Å²) in [5, 5.41) is 3.72. The number of piperidine rings is 1. The monoisotopic (exact) mass is 282 g/mol. The Bertz CT molecular complexity index is 305. The highest BCUT2D eigenvalue weighted by Gasteiger charge is 2.29. The van der Waals surface area contributed by atoms with Crippen LogP contribution in [0, 0.1) is 11.8 Å². The standard InChI is InChI=1S/C16H30N2O2/c1-3-4-5-14-8-15(17-9-13-6-7-13)11-18(10-14)12-16(19)20-2/h13-15,17H,3-12H2,1-2H3. The van der Waals surface area contributed by atoms with E-state index >= 15 is 0 Å². The minimum atomic E-state index is -0.109. The summed E-state index contributed by atoms with van der Waals surface area (Å²) in [6.07, 6.45) is 7.90. The van der Waals surface area contributed by atoms with Gasteiger partial charge in [-0.1, -0.05) is 19.8 Å². The second kappa shape index (κ2) is 7.99. The Morgan fingerprint density at radius 3 is 2.75 bits per heavy atom. The number of carbonyl (C=O) groups excluding carboxylic acids is 1. The lowest BCUT2D eigenvalue weighted by Gasteiger charge is -2.37. The summed E-state index contributed by atoms with van der Waals surface area (Å²) in [4.78, 5) is 13.8. The maximum absolute atomic E-state index is 11.5. The highest BCUT2D eigenvalue weighted by Crippen LogP contribution is 2.28. The van der Waals surface area contributed by atoms with Crippen molar-refractivity contribution in [2.45, 2.75) is 51.5 Å². The summed E-state index contributed by atoms with van der Waals surface area (Å²) in [7, 11) is 1.48. The van der Waals surface area contributed by atoms with Crippen molar-refractivity contribution < 1.29 is 9.53 Å². The van der Waals surface area contributed by atoms with Crippen LogP contribution >= 0.6 is 0 Å². The molecule has 0 radical (unpaired) electrons. The number of esters is 1. The number of likely N-dealkylation sites (tertiary alicyclic amines) is 1. The van der Waals surface area contributed by atoms with Gasteiger partial charge in [0.15, 0.2) is 0 Å². The first-order chi connectivity index (χ1) is 9.71. The van der Waals surface area contributed by atoms with Crippen molar-refractivity contribution in [1.82, 2.24) is 10.2 Å². The summed E-state index contributed by atoms with van der Waals surface area (Å²) in [5.41, 5.74) is 0. The van der Waals surface area contributed by atoms with Gasteiger partial charge in [-0.15, -0.1) is 0 Å². The van der Waals surface area contributed by atoms with Gasteiger partial charge < -0.3 is 10.1 Å². The summed E-state index contributed by atoms with van der Waals surface area (Å²) in [6.45, 7) is 5.90. The lowest BCUT2D eigenvalue weighted by molar-refractivity contribution is -0.142. The molecule has 0 aromatic rings. The fourth-order valence-corrected chi connectivity index (χ4v) is 3.18. The van der Waals surface area contributed by atoms with Crippen LogP contribution in [0.4, 0.5) is 0 Å². The number of ether oxygens (including phenoxy) is 1. The molecule has 1 heterocycles. The van der Waals surface area contributed by atoms with Crippen LogP contribution in [0.3, 0.4) is 0 Å². The number of hydrogen-bond acceptors (Lipinski definition) is 4. The average molecular weight is 282 g/mol. The Morgan fingerprint density at radius 2 is 2.10 bits per heavy atom. The molecule has 4 heteroatoms. The van der Waals surface area contributed by atoms with Crippen LogP contribution in [-0.2, 0) is 9.53 Å². The molecule has 4 nitrogen and oxygen atoms in total. The van der Waals surface area contributed by atoms with Crippen molar-refractivity contribution in [3.05, 3.63) is 0 Å². The highest BCUT2D eigenvalue weighted by atomic mass is 16.5. The Hall–Kier alpha value is -0.610. The van der Waals surface area contributed by atoms with Gasteiger partial charge in [0.2, 0.25) is 0 Å². The van der Waals surface area contributed by atoms with Crippen molar-refractivity contribution in [3.63, 3.8) is 0 Å². The molecule has 0 amide bonds. The maximum atomic E-state index is 11.5. The maximum Gasteiger partial charge on any atom is 0.319 e. The Balaban J connectivity index is 1.81. The molecule has 2 atom stereocenters. The van der Waals surface area contributed by atoms with Crippen LogP contribution in [0.25, 0.3) is 0 Å². The third kappa shape index (κ3) is 5.41. The molecule has 20 heavy (non-hydrogen) atoms. The van der Waals surface area contributed by atoms with E-state index < -0.39 is 0 Å². The third-order valence-electron chi connectivity index (χ3n) is 4.55. The zero-order valence-corrected chi connectivity index (χ0v) is 13.1. The van der Waals surface area contributed by atoms with E-state index in [-0.39, 0.29) is 5.97 Å². The van der Waals surface area contributed by atoms with Gasteiger partial charge in [-0.05, 0) is 44.1 Å². The zero-order valence-electron chi connectivity index (χ0n) is 13.1. The number of rotatable bonds is 8. The SMILES string of the molecule is CCCCC1CC(NCC2CC2)CN(CC(=O)OC)C1. The van der Waals surface area contributed by atoms with Gasteiger partial charge in [-0.25, -0.2) is 0 Å². The number of methoxy groups -OCH3 is 1. The smallest absolute Gasteiger partial charge is 0.319 e. The molecular weight excluding hydrogens is 252 g/mol. The van der Waals surface area contributed by atoms with Crippen molar-refractivity contribution in [3.8, 4) is 0 Å². The number of unbranched alkanes of at least 4 members (excludes halogenated alkanes) is 1. The van der Waals surface area contributed by atoms with E-state index in [1.54, 1.807) is 0 Å². The number of hydrogen-bond donors (Lipinski definition) is 1. The number of carbonyl (C=O) groups is 1. The van der Waals surface area contributed by atoms with Crippen LogP contribution in [0.15, 0.2) is 0 Å². The molecule has 0 spiro atoms. The Kier molecular flexibility index (Phi) is 6.30. The largest absolute Gasteiger partial charge is 0.468 e. The Labute approximate surface area is 123 Å². The summed E-state index contributed by atoms with van der Waals surface area (Å²) < 4.78 is 4.81. The average Bonchev–Trinajstić information content (AvgIpc) is 3.27. The van der Waals surface area contributed by atoms with E-state index in [4.69, 9.17) is 4.74 Å². The van der Waals surface area contributed by atoms with Gasteiger partial charge in [-0.2, -0.15) is 0 Å². The van der Waals surface area contributed by atoms with E-state index in [1.165, 1.54) is 45.6 Å². The molecule has 0 bridgehead atoms. The van der Waals surface area contributed by atoms with Crippen LogP contribution in [0.1, 0.15) is 45.4 Å². The molecule has 0 aromatic heterocycles. The molecule has 2 rings (SSSR count). The van der Waals surface area contributed by atoms with Gasteiger partial charge in [0.1, 0.15) is 0 Å². The van der Waals surface area contributed by atoms with E-state index in [0.29, 0.717) is 12.6 Å². The predicted octanol–water partition coefficient (Wildman–Crippen LogP) is 2.04. The van der Waals surface area contributed by atoms with E-state index in [0.717, 1.165) is 31.5 Å².